The summed E-state index contributed by atoms with van der Waals surface area (Å²) < 4.78 is 7.43. The standard InChI is InChI=1S/C25H22N6O3/c1-16-22(30-23(33)14-27-17(2)32)15-31-25(16)24(18(12-26)13-28-31)29-19-8-10-21(11-9-19)34-20-6-4-3-5-7-20/h3-11,13,15,29H,14H2,1-2H3,(H,27,32)(H,30,33). The van der Waals surface area contributed by atoms with Crippen molar-refractivity contribution in [1.82, 2.24) is 14.9 Å². The minimum absolute atomic E-state index is 0.139. The monoisotopic (exact) mass is 454 g/mol. The summed E-state index contributed by atoms with van der Waals surface area (Å²) in [6.07, 6.45) is 3.13. The van der Waals surface area contributed by atoms with Crippen LogP contribution in [0.3, 0.4) is 0 Å². The van der Waals surface area contributed by atoms with E-state index in [1.165, 1.54) is 13.1 Å². The summed E-state index contributed by atoms with van der Waals surface area (Å²) in [7, 11) is 0. The van der Waals surface area contributed by atoms with E-state index >= 15 is 0 Å². The molecule has 0 aliphatic rings. The van der Waals surface area contributed by atoms with Crippen molar-refractivity contribution in [2.24, 2.45) is 0 Å². The van der Waals surface area contributed by atoms with Crippen LogP contribution in [-0.2, 0) is 9.59 Å². The van der Waals surface area contributed by atoms with Gasteiger partial charge in [0.15, 0.2) is 0 Å². The van der Waals surface area contributed by atoms with Gasteiger partial charge < -0.3 is 20.7 Å². The topological polar surface area (TPSA) is 121 Å². The molecule has 0 radical (unpaired) electrons. The number of hydrogen-bond donors (Lipinski definition) is 3. The Balaban J connectivity index is 1.60. The summed E-state index contributed by atoms with van der Waals surface area (Å²) in [6.45, 7) is 3.03. The number of nitrogens with one attached hydrogen (secondary N) is 3. The molecule has 0 bridgehead atoms. The second-order valence-electron chi connectivity index (χ2n) is 7.53. The molecule has 2 amide bonds. The third-order valence-corrected chi connectivity index (χ3v) is 5.05. The Labute approximate surface area is 196 Å². The van der Waals surface area contributed by atoms with Crippen LogP contribution in [0.1, 0.15) is 18.1 Å². The van der Waals surface area contributed by atoms with Crippen molar-refractivity contribution >= 4 is 34.4 Å². The second-order valence-corrected chi connectivity index (χ2v) is 7.53. The molecule has 34 heavy (non-hydrogen) atoms. The van der Waals surface area contributed by atoms with Gasteiger partial charge in [-0.3, -0.25) is 9.59 Å². The molecule has 2 aromatic carbocycles. The quantitative estimate of drug-likeness (QED) is 0.386. The van der Waals surface area contributed by atoms with Crippen molar-refractivity contribution in [3.8, 4) is 17.6 Å². The zero-order valence-electron chi connectivity index (χ0n) is 18.6. The number of carbonyl (C=O) groups excluding carboxylic acids is 2. The lowest BCUT2D eigenvalue weighted by molar-refractivity contribution is -0.122. The second kappa shape index (κ2) is 9.75. The van der Waals surface area contributed by atoms with Crippen LogP contribution in [-0.4, -0.2) is 28.0 Å². The summed E-state index contributed by atoms with van der Waals surface area (Å²) in [6, 6.07) is 19.0. The van der Waals surface area contributed by atoms with Gasteiger partial charge in [-0.1, -0.05) is 18.2 Å². The Bertz CT molecular complexity index is 1390. The average molecular weight is 454 g/mol. The molecule has 4 aromatic rings. The number of hydrogen-bond acceptors (Lipinski definition) is 6. The number of fused-ring (bicyclic) bond motifs is 1. The van der Waals surface area contributed by atoms with Crippen molar-refractivity contribution in [3.63, 3.8) is 0 Å². The normalized spacial score (nSPS) is 10.4. The van der Waals surface area contributed by atoms with E-state index in [0.717, 1.165) is 17.0 Å². The number of aryl methyl sites for hydroxylation is 1. The minimum atomic E-state index is -0.363. The van der Waals surface area contributed by atoms with Gasteiger partial charge in [0.05, 0.1) is 41.4 Å². The van der Waals surface area contributed by atoms with Crippen LogP contribution in [0, 0.1) is 18.3 Å². The fourth-order valence-corrected chi connectivity index (χ4v) is 3.40. The molecule has 4 rings (SSSR count). The highest BCUT2D eigenvalue weighted by Crippen LogP contribution is 2.33. The molecular weight excluding hydrogens is 432 g/mol. The van der Waals surface area contributed by atoms with Crippen molar-refractivity contribution in [1.29, 1.82) is 5.26 Å². The maximum Gasteiger partial charge on any atom is 0.243 e. The summed E-state index contributed by atoms with van der Waals surface area (Å²) >= 11 is 0. The van der Waals surface area contributed by atoms with E-state index in [9.17, 15) is 14.9 Å². The van der Waals surface area contributed by atoms with Crippen LogP contribution in [0.15, 0.2) is 67.0 Å². The summed E-state index contributed by atoms with van der Waals surface area (Å²) in [5, 5.41) is 22.5. The number of aromatic nitrogens is 2. The van der Waals surface area contributed by atoms with Gasteiger partial charge in [-0.05, 0) is 43.3 Å². The van der Waals surface area contributed by atoms with E-state index in [0.29, 0.717) is 28.2 Å². The van der Waals surface area contributed by atoms with Gasteiger partial charge in [0.25, 0.3) is 0 Å². The highest BCUT2D eigenvalue weighted by atomic mass is 16.5. The van der Waals surface area contributed by atoms with Crippen LogP contribution in [0.4, 0.5) is 17.1 Å². The van der Waals surface area contributed by atoms with Crippen LogP contribution in [0.25, 0.3) is 5.52 Å². The third kappa shape index (κ3) is 4.97. The van der Waals surface area contributed by atoms with Crippen molar-refractivity contribution in [2.75, 3.05) is 17.2 Å². The Morgan fingerprint density at radius 2 is 1.79 bits per heavy atom. The van der Waals surface area contributed by atoms with Crippen LogP contribution < -0.4 is 20.7 Å². The first-order valence-electron chi connectivity index (χ1n) is 10.5. The van der Waals surface area contributed by atoms with Gasteiger partial charge in [-0.15, -0.1) is 0 Å². The lowest BCUT2D eigenvalue weighted by atomic mass is 10.1. The summed E-state index contributed by atoms with van der Waals surface area (Å²) in [5.41, 5.74) is 3.59. The van der Waals surface area contributed by atoms with E-state index in [1.54, 1.807) is 10.7 Å². The molecule has 3 N–H and O–H groups in total. The molecule has 2 aromatic heterocycles. The largest absolute Gasteiger partial charge is 0.457 e. The highest BCUT2D eigenvalue weighted by Gasteiger charge is 2.17. The van der Waals surface area contributed by atoms with Crippen molar-refractivity contribution in [2.45, 2.75) is 13.8 Å². The number of benzene rings is 2. The molecular formula is C25H22N6O3. The lowest BCUT2D eigenvalue weighted by Crippen LogP contribution is -2.31. The van der Waals surface area contributed by atoms with E-state index in [4.69, 9.17) is 4.74 Å². The molecule has 0 atom stereocenters. The zero-order chi connectivity index (χ0) is 24.1. The molecule has 170 valence electrons. The minimum Gasteiger partial charge on any atom is -0.457 e. The highest BCUT2D eigenvalue weighted by molar-refractivity contribution is 5.97. The molecule has 0 aliphatic heterocycles. The number of amides is 2. The first kappa shape index (κ1) is 22.4. The zero-order valence-corrected chi connectivity index (χ0v) is 18.6. The van der Waals surface area contributed by atoms with Crippen LogP contribution in [0.5, 0.6) is 11.5 Å². The number of nitriles is 1. The average Bonchev–Trinajstić information content (AvgIpc) is 3.15. The first-order valence-corrected chi connectivity index (χ1v) is 10.5. The predicted octanol–water partition coefficient (Wildman–Crippen LogP) is 4.12. The fourth-order valence-electron chi connectivity index (χ4n) is 3.40. The number of anilines is 3. The molecule has 0 unspecified atom stereocenters. The van der Waals surface area contributed by atoms with Gasteiger partial charge in [0.2, 0.25) is 11.8 Å². The Kier molecular flexibility index (Phi) is 6.41. The predicted molar refractivity (Wildman–Crippen MR) is 128 cm³/mol. The molecule has 0 saturated carbocycles. The van der Waals surface area contributed by atoms with Crippen LogP contribution in [0.2, 0.25) is 0 Å². The first-order chi connectivity index (χ1) is 16.4. The number of ether oxygens (including phenoxy) is 1. The Morgan fingerprint density at radius 1 is 1.09 bits per heavy atom. The van der Waals surface area contributed by atoms with Gasteiger partial charge in [-0.2, -0.15) is 10.4 Å². The molecule has 0 saturated heterocycles. The van der Waals surface area contributed by atoms with Crippen molar-refractivity contribution in [3.05, 3.63) is 78.1 Å². The molecule has 0 fully saturated rings. The number of rotatable bonds is 7. The molecule has 0 aliphatic carbocycles. The SMILES string of the molecule is CC(=O)NCC(=O)Nc1cn2ncc(C#N)c(Nc3ccc(Oc4ccccc4)cc3)c2c1C. The van der Waals surface area contributed by atoms with E-state index in [2.05, 4.69) is 27.1 Å². The molecule has 9 nitrogen and oxygen atoms in total. The van der Waals surface area contributed by atoms with Crippen LogP contribution >= 0.6 is 0 Å². The maximum atomic E-state index is 12.2. The summed E-state index contributed by atoms with van der Waals surface area (Å²) in [4.78, 5) is 23.2. The lowest BCUT2D eigenvalue weighted by Gasteiger charge is -2.12. The molecule has 0 spiro atoms. The third-order valence-electron chi connectivity index (χ3n) is 5.05. The van der Waals surface area contributed by atoms with E-state index in [1.807, 2.05) is 61.5 Å². The van der Waals surface area contributed by atoms with Crippen molar-refractivity contribution < 1.29 is 14.3 Å². The van der Waals surface area contributed by atoms with Gasteiger partial charge in [-0.25, -0.2) is 4.52 Å². The smallest absolute Gasteiger partial charge is 0.243 e. The number of para-hydroxylation sites is 1. The Hall–Kier alpha value is -4.84. The maximum absolute atomic E-state index is 12.2. The summed E-state index contributed by atoms with van der Waals surface area (Å²) in [5.74, 6) is 0.766. The number of carbonyl (C=O) groups is 2. The van der Waals surface area contributed by atoms with E-state index in [-0.39, 0.29) is 18.4 Å². The fraction of sp³-hybridized carbons (Fsp3) is 0.120. The number of nitrogens with zero attached hydrogens (tertiary/aromatic N) is 3. The van der Waals surface area contributed by atoms with Gasteiger partial charge >= 0.3 is 0 Å². The van der Waals surface area contributed by atoms with Gasteiger partial charge in [0.1, 0.15) is 17.6 Å². The van der Waals surface area contributed by atoms with Gasteiger partial charge in [0, 0.05) is 18.2 Å². The Morgan fingerprint density at radius 3 is 2.47 bits per heavy atom. The van der Waals surface area contributed by atoms with E-state index < -0.39 is 0 Å². The molecule has 2 heterocycles. The molecule has 9 heteroatoms.